The van der Waals surface area contributed by atoms with E-state index in [2.05, 4.69) is 15.0 Å². The van der Waals surface area contributed by atoms with Crippen molar-refractivity contribution in [3.05, 3.63) is 68.8 Å². The van der Waals surface area contributed by atoms with Crippen molar-refractivity contribution in [1.29, 1.82) is 0 Å². The Hall–Kier alpha value is -2.97. The van der Waals surface area contributed by atoms with Crippen molar-refractivity contribution in [3.63, 3.8) is 0 Å². The summed E-state index contributed by atoms with van der Waals surface area (Å²) in [7, 11) is 0. The van der Waals surface area contributed by atoms with Crippen LogP contribution < -0.4 is 11.2 Å². The third-order valence-corrected chi connectivity index (χ3v) is 3.18. The summed E-state index contributed by atoms with van der Waals surface area (Å²) < 4.78 is 39.4. The van der Waals surface area contributed by atoms with Gasteiger partial charge in [-0.25, -0.2) is 9.78 Å². The highest BCUT2D eigenvalue weighted by Crippen LogP contribution is 2.28. The Morgan fingerprint density at radius 3 is 2.57 bits per heavy atom. The number of nitrogens with zero attached hydrogens (tertiary/aromatic N) is 3. The molecule has 0 spiro atoms. The Labute approximate surface area is 126 Å². The second kappa shape index (κ2) is 5.34. The van der Waals surface area contributed by atoms with Crippen molar-refractivity contribution in [3.8, 4) is 0 Å². The van der Waals surface area contributed by atoms with Crippen molar-refractivity contribution in [1.82, 2.24) is 19.5 Å². The molecule has 3 heterocycles. The molecular formula is C14H9F3N4O2. The van der Waals surface area contributed by atoms with E-state index in [4.69, 9.17) is 0 Å². The molecule has 3 aromatic rings. The van der Waals surface area contributed by atoms with E-state index in [9.17, 15) is 22.8 Å². The third-order valence-electron chi connectivity index (χ3n) is 3.18. The number of aromatic nitrogens is 4. The first-order valence-electron chi connectivity index (χ1n) is 6.47. The van der Waals surface area contributed by atoms with E-state index in [0.717, 1.165) is 10.6 Å². The lowest BCUT2D eigenvalue weighted by atomic mass is 10.2. The molecule has 9 heteroatoms. The van der Waals surface area contributed by atoms with Crippen LogP contribution >= 0.6 is 0 Å². The van der Waals surface area contributed by atoms with Crippen LogP contribution in [0.2, 0.25) is 0 Å². The van der Waals surface area contributed by atoms with Crippen LogP contribution in [-0.2, 0) is 12.7 Å². The maximum atomic E-state index is 12.8. The maximum Gasteiger partial charge on any atom is 0.433 e. The highest BCUT2D eigenvalue weighted by Gasteiger charge is 2.33. The molecule has 0 saturated heterocycles. The number of nitrogens with one attached hydrogen (secondary N) is 1. The molecule has 6 nitrogen and oxygen atoms in total. The Kier molecular flexibility index (Phi) is 3.47. The number of hydrogen-bond donors (Lipinski definition) is 1. The standard InChI is InChI=1S/C14H9F3N4O2/c15-14(16,17)10-5-4-9-11(19-10)21(13(23)20-12(9)22)7-8-3-1-2-6-18-8/h1-6H,7H2,(H,20,22,23). The first-order chi connectivity index (χ1) is 10.9. The number of aromatic amines is 1. The van der Waals surface area contributed by atoms with Gasteiger partial charge in [0.1, 0.15) is 5.69 Å². The molecule has 0 amide bonds. The third kappa shape index (κ3) is 2.85. The summed E-state index contributed by atoms with van der Waals surface area (Å²) in [6.07, 6.45) is -3.19. The smallest absolute Gasteiger partial charge is 0.273 e. The van der Waals surface area contributed by atoms with Crippen molar-refractivity contribution in [2.75, 3.05) is 0 Å². The van der Waals surface area contributed by atoms with Gasteiger partial charge in [-0.1, -0.05) is 6.07 Å². The number of H-pyrrole nitrogens is 1. The number of rotatable bonds is 2. The minimum atomic E-state index is -4.68. The van der Waals surface area contributed by atoms with Crippen molar-refractivity contribution in [2.24, 2.45) is 0 Å². The zero-order chi connectivity index (χ0) is 16.6. The minimum Gasteiger partial charge on any atom is -0.273 e. The fourth-order valence-corrected chi connectivity index (χ4v) is 2.12. The summed E-state index contributed by atoms with van der Waals surface area (Å²) in [4.78, 5) is 33.3. The van der Waals surface area contributed by atoms with E-state index in [-0.39, 0.29) is 17.6 Å². The van der Waals surface area contributed by atoms with Gasteiger partial charge >= 0.3 is 11.9 Å². The van der Waals surface area contributed by atoms with Crippen LogP contribution in [0.1, 0.15) is 11.4 Å². The van der Waals surface area contributed by atoms with Crippen LogP contribution in [0.4, 0.5) is 13.2 Å². The Balaban J connectivity index is 2.27. The number of hydrogen-bond acceptors (Lipinski definition) is 4. The molecule has 3 aromatic heterocycles. The van der Waals surface area contributed by atoms with Gasteiger partial charge in [0.15, 0.2) is 5.65 Å². The van der Waals surface area contributed by atoms with Gasteiger partial charge in [0.25, 0.3) is 5.56 Å². The Morgan fingerprint density at radius 2 is 1.91 bits per heavy atom. The first kappa shape index (κ1) is 14.9. The highest BCUT2D eigenvalue weighted by molar-refractivity contribution is 5.74. The average Bonchev–Trinajstić information content (AvgIpc) is 2.51. The van der Waals surface area contributed by atoms with Gasteiger partial charge in [-0.3, -0.25) is 19.3 Å². The molecule has 3 rings (SSSR count). The monoisotopic (exact) mass is 322 g/mol. The van der Waals surface area contributed by atoms with E-state index in [1.807, 2.05) is 0 Å². The quantitative estimate of drug-likeness (QED) is 0.776. The molecule has 0 unspecified atom stereocenters. The fourth-order valence-electron chi connectivity index (χ4n) is 2.12. The van der Waals surface area contributed by atoms with Gasteiger partial charge < -0.3 is 0 Å². The SMILES string of the molecule is O=c1[nH]c(=O)n(Cc2ccccn2)c2nc(C(F)(F)F)ccc12. The molecule has 1 N–H and O–H groups in total. The van der Waals surface area contributed by atoms with Crippen LogP contribution in [-0.4, -0.2) is 19.5 Å². The number of pyridine rings is 2. The summed E-state index contributed by atoms with van der Waals surface area (Å²) in [6.45, 7) is -0.110. The van der Waals surface area contributed by atoms with Crippen molar-refractivity contribution in [2.45, 2.75) is 12.7 Å². The number of fused-ring (bicyclic) bond motifs is 1. The van der Waals surface area contributed by atoms with Gasteiger partial charge in [0, 0.05) is 6.20 Å². The van der Waals surface area contributed by atoms with E-state index in [0.29, 0.717) is 11.8 Å². The fraction of sp³-hybridized carbons (Fsp3) is 0.143. The predicted octanol–water partition coefficient (Wildman–Crippen LogP) is 1.55. The van der Waals surface area contributed by atoms with E-state index < -0.39 is 23.1 Å². The molecule has 0 saturated carbocycles. The van der Waals surface area contributed by atoms with Crippen LogP contribution in [0.15, 0.2) is 46.1 Å². The predicted molar refractivity (Wildman–Crippen MR) is 75.0 cm³/mol. The maximum absolute atomic E-state index is 12.8. The molecule has 0 aliphatic rings. The highest BCUT2D eigenvalue weighted by atomic mass is 19.4. The van der Waals surface area contributed by atoms with Crippen LogP contribution in [0.3, 0.4) is 0 Å². The zero-order valence-electron chi connectivity index (χ0n) is 11.5. The van der Waals surface area contributed by atoms with Gasteiger partial charge in [0.2, 0.25) is 0 Å². The molecule has 0 atom stereocenters. The van der Waals surface area contributed by atoms with Crippen LogP contribution in [0, 0.1) is 0 Å². The number of alkyl halides is 3. The lowest BCUT2D eigenvalue weighted by Gasteiger charge is -2.11. The topological polar surface area (TPSA) is 80.6 Å². The van der Waals surface area contributed by atoms with Crippen molar-refractivity contribution < 1.29 is 13.2 Å². The summed E-state index contributed by atoms with van der Waals surface area (Å²) in [5, 5.41) is -0.103. The first-order valence-corrected chi connectivity index (χ1v) is 6.47. The van der Waals surface area contributed by atoms with Crippen LogP contribution in [0.5, 0.6) is 0 Å². The Morgan fingerprint density at radius 1 is 1.13 bits per heavy atom. The zero-order valence-corrected chi connectivity index (χ0v) is 11.5. The van der Waals surface area contributed by atoms with E-state index in [1.54, 1.807) is 18.2 Å². The Bertz CT molecular complexity index is 977. The van der Waals surface area contributed by atoms with E-state index >= 15 is 0 Å². The lowest BCUT2D eigenvalue weighted by Crippen LogP contribution is -2.31. The van der Waals surface area contributed by atoms with Gasteiger partial charge in [-0.2, -0.15) is 13.2 Å². The minimum absolute atomic E-state index is 0.103. The largest absolute Gasteiger partial charge is 0.433 e. The molecule has 0 radical (unpaired) electrons. The lowest BCUT2D eigenvalue weighted by molar-refractivity contribution is -0.141. The molecular weight excluding hydrogens is 313 g/mol. The summed E-state index contributed by atoms with van der Waals surface area (Å²) in [5.41, 5.74) is -2.70. The van der Waals surface area contributed by atoms with Crippen LogP contribution in [0.25, 0.3) is 11.0 Å². The van der Waals surface area contributed by atoms with Gasteiger partial charge in [-0.15, -0.1) is 0 Å². The molecule has 0 bridgehead atoms. The summed E-state index contributed by atoms with van der Waals surface area (Å²) in [6, 6.07) is 6.65. The molecule has 0 aromatic carbocycles. The second-order valence-electron chi connectivity index (χ2n) is 4.73. The molecule has 23 heavy (non-hydrogen) atoms. The number of halogens is 3. The average molecular weight is 322 g/mol. The summed E-state index contributed by atoms with van der Waals surface area (Å²) in [5.74, 6) is 0. The summed E-state index contributed by atoms with van der Waals surface area (Å²) >= 11 is 0. The van der Waals surface area contributed by atoms with Gasteiger partial charge in [0.05, 0.1) is 17.6 Å². The van der Waals surface area contributed by atoms with E-state index in [1.165, 1.54) is 6.20 Å². The molecule has 118 valence electrons. The normalized spacial score (nSPS) is 11.8. The van der Waals surface area contributed by atoms with Crippen molar-refractivity contribution >= 4 is 11.0 Å². The molecule has 0 aliphatic heterocycles. The second-order valence-corrected chi connectivity index (χ2v) is 4.73. The van der Waals surface area contributed by atoms with Gasteiger partial charge in [-0.05, 0) is 24.3 Å². The molecule has 0 aliphatic carbocycles. The molecule has 0 fully saturated rings.